The van der Waals surface area contributed by atoms with Crippen LogP contribution in [0.15, 0.2) is 24.9 Å². The van der Waals surface area contributed by atoms with Crippen LogP contribution in [0.3, 0.4) is 0 Å². The van der Waals surface area contributed by atoms with Gasteiger partial charge in [0.1, 0.15) is 5.84 Å². The fraction of sp³-hybridized carbons (Fsp3) is 0. The standard InChI is InChI=1S/C6H9N3O/c1-3-5(10)9-4(2)6(7)8/h3H,1-2H2,(H3,7,8)(H,9,10). The van der Waals surface area contributed by atoms with Gasteiger partial charge in [0.2, 0.25) is 5.91 Å². The van der Waals surface area contributed by atoms with E-state index in [2.05, 4.69) is 18.5 Å². The fourth-order valence-corrected chi connectivity index (χ4v) is 0.267. The molecule has 0 aliphatic heterocycles. The molecule has 0 aliphatic carbocycles. The molecule has 4 heteroatoms. The first kappa shape index (κ1) is 8.42. The van der Waals surface area contributed by atoms with Gasteiger partial charge in [-0.1, -0.05) is 13.2 Å². The topological polar surface area (TPSA) is 79.0 Å². The molecule has 0 heterocycles. The molecule has 0 aromatic carbocycles. The number of carbonyl (C=O) groups excluding carboxylic acids is 1. The molecule has 0 saturated heterocycles. The lowest BCUT2D eigenvalue weighted by molar-refractivity contribution is -0.115. The summed E-state index contributed by atoms with van der Waals surface area (Å²) in [6.07, 6.45) is 1.08. The van der Waals surface area contributed by atoms with Crippen molar-refractivity contribution < 1.29 is 4.79 Å². The van der Waals surface area contributed by atoms with Crippen molar-refractivity contribution in [3.05, 3.63) is 24.9 Å². The minimum absolute atomic E-state index is 0.0879. The number of carbonyl (C=O) groups is 1. The summed E-state index contributed by atoms with van der Waals surface area (Å²) < 4.78 is 0. The molecule has 4 nitrogen and oxygen atoms in total. The van der Waals surface area contributed by atoms with Crippen molar-refractivity contribution >= 4 is 11.7 Å². The fourth-order valence-electron chi connectivity index (χ4n) is 0.267. The first-order valence-electron chi connectivity index (χ1n) is 2.54. The van der Waals surface area contributed by atoms with E-state index in [0.717, 1.165) is 6.08 Å². The molecule has 0 rings (SSSR count). The van der Waals surface area contributed by atoms with Gasteiger partial charge in [0.15, 0.2) is 0 Å². The normalized spacial score (nSPS) is 8.00. The van der Waals surface area contributed by atoms with E-state index in [-0.39, 0.29) is 11.5 Å². The van der Waals surface area contributed by atoms with E-state index in [0.29, 0.717) is 0 Å². The first-order valence-corrected chi connectivity index (χ1v) is 2.54. The van der Waals surface area contributed by atoms with Gasteiger partial charge in [-0.25, -0.2) is 0 Å². The van der Waals surface area contributed by atoms with Crippen LogP contribution in [-0.2, 0) is 4.79 Å². The maximum atomic E-state index is 10.5. The number of hydrogen-bond acceptors (Lipinski definition) is 2. The van der Waals surface area contributed by atoms with E-state index < -0.39 is 5.91 Å². The highest BCUT2D eigenvalue weighted by Crippen LogP contribution is 1.80. The van der Waals surface area contributed by atoms with E-state index in [4.69, 9.17) is 11.1 Å². The van der Waals surface area contributed by atoms with E-state index in [1.54, 1.807) is 0 Å². The molecule has 4 N–H and O–H groups in total. The van der Waals surface area contributed by atoms with E-state index in [9.17, 15) is 4.79 Å². The average Bonchev–Trinajstić information content (AvgIpc) is 1.87. The van der Waals surface area contributed by atoms with Crippen molar-refractivity contribution in [2.24, 2.45) is 5.73 Å². The van der Waals surface area contributed by atoms with Crippen molar-refractivity contribution in [3.8, 4) is 0 Å². The molecule has 0 aliphatic rings. The highest BCUT2D eigenvalue weighted by Gasteiger charge is 1.98. The van der Waals surface area contributed by atoms with Crippen molar-refractivity contribution in [1.82, 2.24) is 5.32 Å². The molecule has 0 atom stereocenters. The highest BCUT2D eigenvalue weighted by molar-refractivity contribution is 6.00. The Morgan fingerprint density at radius 2 is 2.20 bits per heavy atom. The number of nitrogens with one attached hydrogen (secondary N) is 2. The van der Waals surface area contributed by atoms with Gasteiger partial charge in [-0.3, -0.25) is 10.2 Å². The van der Waals surface area contributed by atoms with Gasteiger partial charge in [0.05, 0.1) is 5.70 Å². The molecule has 0 spiro atoms. The number of rotatable bonds is 3. The van der Waals surface area contributed by atoms with Crippen LogP contribution in [0.25, 0.3) is 0 Å². The van der Waals surface area contributed by atoms with Crippen LogP contribution in [0.4, 0.5) is 0 Å². The molecule has 0 bridgehead atoms. The average molecular weight is 139 g/mol. The van der Waals surface area contributed by atoms with Crippen LogP contribution in [-0.4, -0.2) is 11.7 Å². The number of amidine groups is 1. The molecule has 0 fully saturated rings. The lowest BCUT2D eigenvalue weighted by Gasteiger charge is -2.01. The molecule has 10 heavy (non-hydrogen) atoms. The molecule has 0 saturated carbocycles. The summed E-state index contributed by atoms with van der Waals surface area (Å²) >= 11 is 0. The van der Waals surface area contributed by atoms with Gasteiger partial charge in [-0.05, 0) is 6.08 Å². The quantitative estimate of drug-likeness (QED) is 0.286. The molecule has 0 radical (unpaired) electrons. The van der Waals surface area contributed by atoms with Crippen LogP contribution < -0.4 is 11.1 Å². The number of hydrogen-bond donors (Lipinski definition) is 3. The number of amides is 1. The third-order valence-corrected chi connectivity index (χ3v) is 0.785. The zero-order valence-corrected chi connectivity index (χ0v) is 5.48. The summed E-state index contributed by atoms with van der Waals surface area (Å²) in [5.74, 6) is -0.671. The lowest BCUT2D eigenvalue weighted by Crippen LogP contribution is -2.28. The van der Waals surface area contributed by atoms with Crippen molar-refractivity contribution in [2.75, 3.05) is 0 Å². The Balaban J connectivity index is 3.92. The molecule has 0 aromatic heterocycles. The van der Waals surface area contributed by atoms with Gasteiger partial charge in [-0.15, -0.1) is 0 Å². The van der Waals surface area contributed by atoms with E-state index >= 15 is 0 Å². The van der Waals surface area contributed by atoms with Gasteiger partial charge in [0, 0.05) is 0 Å². The van der Waals surface area contributed by atoms with Crippen molar-refractivity contribution in [3.63, 3.8) is 0 Å². The molecular weight excluding hydrogens is 130 g/mol. The third-order valence-electron chi connectivity index (χ3n) is 0.785. The summed E-state index contributed by atoms with van der Waals surface area (Å²) in [7, 11) is 0. The summed E-state index contributed by atoms with van der Waals surface area (Å²) in [5.41, 5.74) is 5.06. The predicted octanol–water partition coefficient (Wildman–Crippen LogP) is -0.262. The van der Waals surface area contributed by atoms with Crippen LogP contribution in [0.1, 0.15) is 0 Å². The SMILES string of the molecule is C=CC(=O)NC(=C)C(=N)N. The first-order chi connectivity index (χ1) is 4.57. The van der Waals surface area contributed by atoms with E-state index in [1.165, 1.54) is 0 Å². The zero-order chi connectivity index (χ0) is 8.15. The van der Waals surface area contributed by atoms with Gasteiger partial charge < -0.3 is 11.1 Å². The molecule has 1 amide bonds. The second-order valence-electron chi connectivity index (χ2n) is 1.59. The van der Waals surface area contributed by atoms with Crippen LogP contribution in [0.2, 0.25) is 0 Å². The predicted molar refractivity (Wildman–Crippen MR) is 39.4 cm³/mol. The van der Waals surface area contributed by atoms with Crippen LogP contribution in [0.5, 0.6) is 0 Å². The lowest BCUT2D eigenvalue weighted by atomic mass is 10.4. The minimum Gasteiger partial charge on any atom is -0.382 e. The largest absolute Gasteiger partial charge is 0.382 e. The minimum atomic E-state index is -0.416. The second-order valence-corrected chi connectivity index (χ2v) is 1.59. The Hall–Kier alpha value is -1.58. The Kier molecular flexibility index (Phi) is 2.90. The zero-order valence-electron chi connectivity index (χ0n) is 5.48. The summed E-state index contributed by atoms with van der Waals surface area (Å²) in [4.78, 5) is 10.5. The van der Waals surface area contributed by atoms with E-state index in [1.807, 2.05) is 0 Å². The summed E-state index contributed by atoms with van der Waals surface area (Å²) in [6, 6.07) is 0. The van der Waals surface area contributed by atoms with Gasteiger partial charge >= 0.3 is 0 Å². The Morgan fingerprint density at radius 1 is 1.70 bits per heavy atom. The van der Waals surface area contributed by atoms with Crippen LogP contribution in [0, 0.1) is 5.41 Å². The maximum absolute atomic E-state index is 10.5. The Morgan fingerprint density at radius 3 is 2.50 bits per heavy atom. The second kappa shape index (κ2) is 3.45. The summed E-state index contributed by atoms with van der Waals surface area (Å²) in [6.45, 7) is 6.52. The molecule has 54 valence electrons. The summed E-state index contributed by atoms with van der Waals surface area (Å²) in [5, 5.41) is 9.03. The van der Waals surface area contributed by atoms with Crippen molar-refractivity contribution in [2.45, 2.75) is 0 Å². The molecule has 0 aromatic rings. The van der Waals surface area contributed by atoms with Gasteiger partial charge in [0.25, 0.3) is 0 Å². The van der Waals surface area contributed by atoms with Crippen LogP contribution >= 0.6 is 0 Å². The monoisotopic (exact) mass is 139 g/mol. The highest BCUT2D eigenvalue weighted by atomic mass is 16.1. The molecular formula is C6H9N3O. The van der Waals surface area contributed by atoms with Gasteiger partial charge in [-0.2, -0.15) is 0 Å². The maximum Gasteiger partial charge on any atom is 0.247 e. The van der Waals surface area contributed by atoms with Crippen molar-refractivity contribution in [1.29, 1.82) is 5.41 Å². The molecule has 0 unspecified atom stereocenters. The third kappa shape index (κ3) is 2.66. The smallest absolute Gasteiger partial charge is 0.247 e. The Bertz CT molecular complexity index is 195. The number of nitrogens with two attached hydrogens (primary N) is 1. The Labute approximate surface area is 58.9 Å².